The molecule has 0 aliphatic carbocycles. The van der Waals surface area contributed by atoms with E-state index in [-0.39, 0.29) is 23.1 Å². The first kappa shape index (κ1) is 19.9. The van der Waals surface area contributed by atoms with Gasteiger partial charge in [0.25, 0.3) is 5.91 Å². The van der Waals surface area contributed by atoms with Gasteiger partial charge in [0, 0.05) is 37.3 Å². The largest absolute Gasteiger partial charge is 0.361 e. The van der Waals surface area contributed by atoms with E-state index in [1.54, 1.807) is 12.1 Å². The minimum atomic E-state index is -0.359. The molecule has 8 nitrogen and oxygen atoms in total. The zero-order valence-corrected chi connectivity index (χ0v) is 17.7. The van der Waals surface area contributed by atoms with E-state index in [2.05, 4.69) is 20.1 Å². The van der Waals surface area contributed by atoms with Gasteiger partial charge in [-0.05, 0) is 51.3 Å². The van der Waals surface area contributed by atoms with E-state index in [9.17, 15) is 9.18 Å². The fourth-order valence-electron chi connectivity index (χ4n) is 4.74. The monoisotopic (exact) mass is 424 g/mol. The molecule has 4 heterocycles. The molecular formula is C22H25FN6O2. The summed E-state index contributed by atoms with van der Waals surface area (Å²) in [5.74, 6) is 0.453. The van der Waals surface area contributed by atoms with Crippen LogP contribution in [0.2, 0.25) is 0 Å². The van der Waals surface area contributed by atoms with Gasteiger partial charge in [-0.3, -0.25) is 9.69 Å². The minimum Gasteiger partial charge on any atom is -0.361 e. The van der Waals surface area contributed by atoms with E-state index in [1.807, 2.05) is 18.7 Å². The van der Waals surface area contributed by atoms with Gasteiger partial charge in [-0.1, -0.05) is 11.2 Å². The van der Waals surface area contributed by atoms with Crippen molar-refractivity contribution in [3.8, 4) is 5.69 Å². The van der Waals surface area contributed by atoms with Crippen molar-refractivity contribution in [3.63, 3.8) is 0 Å². The lowest BCUT2D eigenvalue weighted by molar-refractivity contribution is -0.0653. The molecule has 31 heavy (non-hydrogen) atoms. The fraction of sp³-hybridized carbons (Fsp3) is 0.455. The third-order valence-electron chi connectivity index (χ3n) is 6.65. The Morgan fingerprint density at radius 3 is 2.84 bits per heavy atom. The number of hydrogen-bond donors (Lipinski definition) is 0. The summed E-state index contributed by atoms with van der Waals surface area (Å²) in [5.41, 5.74) is 2.58. The van der Waals surface area contributed by atoms with Crippen LogP contribution in [0.1, 0.15) is 46.9 Å². The van der Waals surface area contributed by atoms with Crippen molar-refractivity contribution in [3.05, 3.63) is 59.3 Å². The Labute approximate surface area is 179 Å². The predicted molar refractivity (Wildman–Crippen MR) is 110 cm³/mol. The van der Waals surface area contributed by atoms with Gasteiger partial charge in [0.2, 0.25) is 5.82 Å². The van der Waals surface area contributed by atoms with E-state index < -0.39 is 0 Å². The molecule has 1 spiro atoms. The van der Waals surface area contributed by atoms with Crippen LogP contribution in [0.4, 0.5) is 4.39 Å². The van der Waals surface area contributed by atoms with Crippen molar-refractivity contribution in [2.45, 2.75) is 45.2 Å². The minimum absolute atomic E-state index is 0.0187. The highest BCUT2D eigenvalue weighted by atomic mass is 19.1. The van der Waals surface area contributed by atoms with E-state index in [0.29, 0.717) is 18.8 Å². The van der Waals surface area contributed by atoms with E-state index in [1.165, 1.54) is 23.1 Å². The maximum Gasteiger partial charge on any atom is 0.293 e. The number of piperidine rings is 1. The third kappa shape index (κ3) is 3.52. The van der Waals surface area contributed by atoms with Crippen molar-refractivity contribution in [2.24, 2.45) is 0 Å². The number of rotatable bonds is 4. The molecule has 1 amide bonds. The summed E-state index contributed by atoms with van der Waals surface area (Å²) < 4.78 is 20.3. The first-order valence-electron chi connectivity index (χ1n) is 10.6. The number of aryl methyl sites for hydroxylation is 2. The third-order valence-corrected chi connectivity index (χ3v) is 6.65. The number of carbonyl (C=O) groups excluding carboxylic acids is 1. The Balaban J connectivity index is 1.31. The zero-order valence-electron chi connectivity index (χ0n) is 17.7. The molecule has 3 aromatic rings. The Hall–Kier alpha value is -3.07. The number of aromatic nitrogens is 4. The number of likely N-dealkylation sites (tertiary alicyclic amines) is 2. The fourth-order valence-corrected chi connectivity index (χ4v) is 4.74. The Bertz CT molecular complexity index is 1110. The van der Waals surface area contributed by atoms with Gasteiger partial charge in [0.05, 0.1) is 11.4 Å². The summed E-state index contributed by atoms with van der Waals surface area (Å²) in [6.07, 6.45) is 4.51. The van der Waals surface area contributed by atoms with Gasteiger partial charge in [-0.25, -0.2) is 14.1 Å². The van der Waals surface area contributed by atoms with Crippen LogP contribution in [0.5, 0.6) is 0 Å². The highest BCUT2D eigenvalue weighted by molar-refractivity contribution is 5.90. The topological polar surface area (TPSA) is 80.3 Å². The van der Waals surface area contributed by atoms with Crippen LogP contribution < -0.4 is 0 Å². The van der Waals surface area contributed by atoms with Crippen LogP contribution in [0, 0.1) is 19.7 Å². The van der Waals surface area contributed by atoms with Gasteiger partial charge in [-0.15, -0.1) is 5.10 Å². The van der Waals surface area contributed by atoms with Crippen LogP contribution in [0.3, 0.4) is 0 Å². The lowest BCUT2D eigenvalue weighted by Crippen LogP contribution is -2.67. The molecule has 162 valence electrons. The predicted octanol–water partition coefficient (Wildman–Crippen LogP) is 2.89. The molecule has 2 saturated heterocycles. The van der Waals surface area contributed by atoms with Gasteiger partial charge in [0.1, 0.15) is 17.9 Å². The number of benzene rings is 1. The molecule has 0 bridgehead atoms. The SMILES string of the molecule is Cc1noc(C)c1CN1CC[C@@]12CCCN(C(=O)c1ncn(-c3cccc(F)c3)n1)C2. The molecule has 1 atom stereocenters. The highest BCUT2D eigenvalue weighted by Gasteiger charge is 2.48. The normalized spacial score (nSPS) is 21.5. The van der Waals surface area contributed by atoms with Gasteiger partial charge in [0.15, 0.2) is 0 Å². The summed E-state index contributed by atoms with van der Waals surface area (Å²) in [5, 5.41) is 8.37. The van der Waals surface area contributed by atoms with Gasteiger partial charge < -0.3 is 9.42 Å². The van der Waals surface area contributed by atoms with Crippen molar-refractivity contribution in [1.82, 2.24) is 29.7 Å². The van der Waals surface area contributed by atoms with Crippen molar-refractivity contribution >= 4 is 5.91 Å². The zero-order chi connectivity index (χ0) is 21.6. The maximum absolute atomic E-state index is 13.5. The summed E-state index contributed by atoms with van der Waals surface area (Å²) in [7, 11) is 0. The second-order valence-electron chi connectivity index (χ2n) is 8.52. The van der Waals surface area contributed by atoms with E-state index in [0.717, 1.165) is 49.4 Å². The second-order valence-corrected chi connectivity index (χ2v) is 8.52. The molecule has 1 aromatic carbocycles. The molecule has 0 radical (unpaired) electrons. The summed E-state index contributed by atoms with van der Waals surface area (Å²) in [6, 6.07) is 6.06. The summed E-state index contributed by atoms with van der Waals surface area (Å²) >= 11 is 0. The molecule has 2 fully saturated rings. The van der Waals surface area contributed by atoms with Gasteiger partial charge in [-0.2, -0.15) is 0 Å². The maximum atomic E-state index is 13.5. The van der Waals surface area contributed by atoms with Crippen molar-refractivity contribution < 1.29 is 13.7 Å². The molecule has 0 saturated carbocycles. The number of carbonyl (C=O) groups is 1. The molecule has 0 N–H and O–H groups in total. The Kier molecular flexibility index (Phi) is 4.85. The first-order chi connectivity index (χ1) is 14.9. The number of halogens is 1. The molecule has 2 aliphatic heterocycles. The van der Waals surface area contributed by atoms with Crippen LogP contribution in [0.25, 0.3) is 5.69 Å². The van der Waals surface area contributed by atoms with Crippen molar-refractivity contribution in [2.75, 3.05) is 19.6 Å². The van der Waals surface area contributed by atoms with Crippen LogP contribution in [-0.4, -0.2) is 60.8 Å². The standard InChI is InChI=1S/C22H25FN6O2/c1-15-19(16(2)31-26-15)12-28-10-8-22(28)7-4-9-27(13-22)21(30)20-24-14-29(25-20)18-6-3-5-17(23)11-18/h3,5-6,11,14H,4,7-10,12-13H2,1-2H3/t22-/m1/s1. The molecule has 2 aromatic heterocycles. The molecule has 2 aliphatic rings. The molecule has 5 rings (SSSR count). The summed E-state index contributed by atoms with van der Waals surface area (Å²) in [6.45, 7) is 7.04. The lowest BCUT2D eigenvalue weighted by Gasteiger charge is -2.57. The number of nitrogens with zero attached hydrogens (tertiary/aromatic N) is 6. The first-order valence-corrected chi connectivity index (χ1v) is 10.6. The second kappa shape index (κ2) is 7.56. The van der Waals surface area contributed by atoms with Gasteiger partial charge >= 0.3 is 0 Å². The number of hydrogen-bond acceptors (Lipinski definition) is 6. The Morgan fingerprint density at radius 1 is 1.26 bits per heavy atom. The Morgan fingerprint density at radius 2 is 2.13 bits per heavy atom. The van der Waals surface area contributed by atoms with Crippen LogP contribution >= 0.6 is 0 Å². The molecule has 0 unspecified atom stereocenters. The van der Waals surface area contributed by atoms with Crippen LogP contribution in [-0.2, 0) is 6.54 Å². The summed E-state index contributed by atoms with van der Waals surface area (Å²) in [4.78, 5) is 21.6. The number of amides is 1. The average Bonchev–Trinajstić information content (AvgIpc) is 3.38. The van der Waals surface area contributed by atoms with E-state index in [4.69, 9.17) is 4.52 Å². The lowest BCUT2D eigenvalue weighted by atomic mass is 9.77. The van der Waals surface area contributed by atoms with E-state index >= 15 is 0 Å². The van der Waals surface area contributed by atoms with Crippen molar-refractivity contribution in [1.29, 1.82) is 0 Å². The average molecular weight is 424 g/mol. The highest BCUT2D eigenvalue weighted by Crippen LogP contribution is 2.40. The van der Waals surface area contributed by atoms with Crippen LogP contribution in [0.15, 0.2) is 35.1 Å². The molecular weight excluding hydrogens is 399 g/mol. The quantitative estimate of drug-likeness (QED) is 0.641. The molecule has 9 heteroatoms. The smallest absolute Gasteiger partial charge is 0.293 e.